The average molecular weight is 554 g/mol. The van der Waals surface area contributed by atoms with Crippen molar-refractivity contribution in [2.45, 2.75) is 31.9 Å². The molecule has 2 N–H and O–H groups in total. The van der Waals surface area contributed by atoms with Crippen molar-refractivity contribution in [1.82, 2.24) is 15.4 Å². The minimum absolute atomic E-state index is 0.0319. The number of halogens is 5. The summed E-state index contributed by atoms with van der Waals surface area (Å²) in [5.74, 6) is -5.09. The van der Waals surface area contributed by atoms with E-state index in [0.717, 1.165) is 6.20 Å². The van der Waals surface area contributed by atoms with Gasteiger partial charge in [-0.05, 0) is 57.0 Å². The van der Waals surface area contributed by atoms with Crippen LogP contribution in [0.4, 0.5) is 22.0 Å². The van der Waals surface area contributed by atoms with Crippen LogP contribution < -0.4 is 15.0 Å². The van der Waals surface area contributed by atoms with E-state index in [-0.39, 0.29) is 49.8 Å². The third kappa shape index (κ3) is 6.22. The lowest BCUT2D eigenvalue weighted by Gasteiger charge is -2.40. The number of alkyl halides is 1. The number of carbonyl (C=O) groups excluding carboxylic acids is 1. The van der Waals surface area contributed by atoms with Crippen LogP contribution in [-0.2, 0) is 4.79 Å². The van der Waals surface area contributed by atoms with Crippen molar-refractivity contribution in [1.29, 1.82) is 0 Å². The molecule has 1 atom stereocenters. The van der Waals surface area contributed by atoms with Crippen molar-refractivity contribution in [3.05, 3.63) is 65.4 Å². The van der Waals surface area contributed by atoms with Crippen LogP contribution >= 0.6 is 0 Å². The highest BCUT2D eigenvalue weighted by atomic mass is 19.2. The monoisotopic (exact) mass is 553 g/mol. The number of nitrogens with zero attached hydrogens (tertiary/aromatic N) is 2. The number of hydrogen-bond donors (Lipinski definition) is 2. The molecule has 1 saturated heterocycles. The fraction of sp³-hybridized carbons (Fsp3) is 0.407. The average Bonchev–Trinajstić information content (AvgIpc) is 2.93. The summed E-state index contributed by atoms with van der Waals surface area (Å²) in [5, 5.41) is 9.65. The van der Waals surface area contributed by atoms with Gasteiger partial charge in [-0.15, -0.1) is 0 Å². The van der Waals surface area contributed by atoms with E-state index < -0.39 is 46.5 Å². The number of hydroxylamine groups is 1. The van der Waals surface area contributed by atoms with Crippen LogP contribution in [0.2, 0.25) is 0 Å². The molecule has 2 aromatic carbocycles. The largest absolute Gasteiger partial charge is 0.497 e. The van der Waals surface area contributed by atoms with Gasteiger partial charge in [-0.1, -0.05) is 0 Å². The van der Waals surface area contributed by atoms with Crippen LogP contribution in [0.5, 0.6) is 11.5 Å². The third-order valence-corrected chi connectivity index (χ3v) is 7.27. The number of aromatic nitrogens is 1. The molecule has 12 heteroatoms. The van der Waals surface area contributed by atoms with E-state index in [9.17, 15) is 27.6 Å². The number of rotatable bonds is 10. The number of carbonyl (C=O) groups is 1. The van der Waals surface area contributed by atoms with E-state index in [2.05, 4.69) is 4.98 Å². The number of pyridine rings is 1. The van der Waals surface area contributed by atoms with Gasteiger partial charge in [-0.25, -0.2) is 27.4 Å². The van der Waals surface area contributed by atoms with Gasteiger partial charge in [0.25, 0.3) is 0 Å². The summed E-state index contributed by atoms with van der Waals surface area (Å²) >= 11 is 0. The number of likely N-dealkylation sites (tertiary alicyclic amines) is 1. The zero-order valence-electron chi connectivity index (χ0n) is 21.2. The van der Waals surface area contributed by atoms with Crippen molar-refractivity contribution >= 4 is 16.8 Å². The van der Waals surface area contributed by atoms with Gasteiger partial charge in [0.1, 0.15) is 30.2 Å². The molecule has 210 valence electrons. The summed E-state index contributed by atoms with van der Waals surface area (Å²) in [6.45, 7) is 0.871. The molecule has 1 aromatic heterocycles. The SMILES string of the molecule is COc1ccc2ncc(F)c([C@H](F)CCC3(C(=O)NO)CCN(CCOc4c(F)cc(F)cc4F)CC3)c2c1. The number of methoxy groups -OCH3 is 1. The molecule has 0 radical (unpaired) electrons. The van der Waals surface area contributed by atoms with Gasteiger partial charge in [-0.2, -0.15) is 0 Å². The standard InChI is InChI=1S/C27H28F5N3O4/c1-38-17-2-3-23-18(14-17)24(22(32)15-33-23)19(29)4-5-27(26(36)34-37)6-8-35(9-7-27)10-11-39-25-20(30)12-16(28)13-21(25)31/h2-3,12-15,19,37H,4-11H2,1H3,(H,34,36)/t19-/m1/s1. The highest BCUT2D eigenvalue weighted by Gasteiger charge is 2.41. The molecule has 1 aliphatic heterocycles. The molecule has 0 unspecified atom stereocenters. The normalized spacial score (nSPS) is 16.2. The van der Waals surface area contributed by atoms with Gasteiger partial charge in [0.05, 0.1) is 24.2 Å². The molecule has 0 saturated carbocycles. The lowest BCUT2D eigenvalue weighted by Crippen LogP contribution is -2.49. The van der Waals surface area contributed by atoms with Crippen molar-refractivity contribution in [3.63, 3.8) is 0 Å². The number of hydrogen-bond acceptors (Lipinski definition) is 6. The lowest BCUT2D eigenvalue weighted by molar-refractivity contribution is -0.143. The van der Waals surface area contributed by atoms with Crippen LogP contribution in [-0.4, -0.2) is 54.3 Å². The highest BCUT2D eigenvalue weighted by molar-refractivity contribution is 5.84. The van der Waals surface area contributed by atoms with E-state index in [1.165, 1.54) is 13.2 Å². The number of benzene rings is 2. The molecule has 0 aliphatic carbocycles. The Labute approximate surface area is 221 Å². The summed E-state index contributed by atoms with van der Waals surface area (Å²) in [6, 6.07) is 5.79. The Morgan fingerprint density at radius 3 is 2.46 bits per heavy atom. The Balaban J connectivity index is 1.40. The minimum atomic E-state index is -1.75. The molecular formula is C27H28F5N3O4. The number of amides is 1. The van der Waals surface area contributed by atoms with Crippen molar-refractivity contribution < 1.29 is 41.4 Å². The van der Waals surface area contributed by atoms with Crippen LogP contribution in [0.1, 0.15) is 37.4 Å². The first-order valence-electron chi connectivity index (χ1n) is 12.4. The Kier molecular flexibility index (Phi) is 8.86. The van der Waals surface area contributed by atoms with Gasteiger partial charge < -0.3 is 9.47 Å². The molecule has 1 aliphatic rings. The Morgan fingerprint density at radius 2 is 1.82 bits per heavy atom. The second kappa shape index (κ2) is 12.1. The van der Waals surface area contributed by atoms with Gasteiger partial charge in [-0.3, -0.25) is 19.9 Å². The molecule has 0 bridgehead atoms. The van der Waals surface area contributed by atoms with Crippen molar-refractivity contribution in [2.24, 2.45) is 5.41 Å². The third-order valence-electron chi connectivity index (χ3n) is 7.27. The smallest absolute Gasteiger partial charge is 0.249 e. The zero-order chi connectivity index (χ0) is 28.2. The topological polar surface area (TPSA) is 83.9 Å². The number of ether oxygens (including phenoxy) is 2. The first-order chi connectivity index (χ1) is 18.7. The molecule has 0 spiro atoms. The van der Waals surface area contributed by atoms with Crippen LogP contribution in [0.25, 0.3) is 10.9 Å². The second-order valence-corrected chi connectivity index (χ2v) is 9.52. The minimum Gasteiger partial charge on any atom is -0.497 e. The van der Waals surface area contributed by atoms with Gasteiger partial charge in [0.2, 0.25) is 5.91 Å². The van der Waals surface area contributed by atoms with E-state index in [1.54, 1.807) is 17.6 Å². The van der Waals surface area contributed by atoms with Crippen LogP contribution in [0.3, 0.4) is 0 Å². The van der Waals surface area contributed by atoms with Gasteiger partial charge in [0, 0.05) is 29.6 Å². The first kappa shape index (κ1) is 28.5. The van der Waals surface area contributed by atoms with E-state index in [0.29, 0.717) is 36.5 Å². The maximum absolute atomic E-state index is 15.5. The summed E-state index contributed by atoms with van der Waals surface area (Å²) < 4.78 is 81.2. The summed E-state index contributed by atoms with van der Waals surface area (Å²) in [6.07, 6.45) is -0.455. The maximum Gasteiger partial charge on any atom is 0.249 e. The molecule has 4 rings (SSSR count). The molecule has 2 heterocycles. The van der Waals surface area contributed by atoms with Crippen molar-refractivity contribution in [3.8, 4) is 11.5 Å². The molecule has 3 aromatic rings. The van der Waals surface area contributed by atoms with E-state index in [4.69, 9.17) is 9.47 Å². The Morgan fingerprint density at radius 1 is 1.13 bits per heavy atom. The van der Waals surface area contributed by atoms with Crippen LogP contribution in [0, 0.1) is 28.7 Å². The summed E-state index contributed by atoms with van der Waals surface area (Å²) in [7, 11) is 1.44. The quantitative estimate of drug-likeness (QED) is 0.203. The summed E-state index contributed by atoms with van der Waals surface area (Å²) in [4.78, 5) is 18.6. The number of fused-ring (bicyclic) bond motifs is 1. The predicted octanol–water partition coefficient (Wildman–Crippen LogP) is 5.26. The molecule has 39 heavy (non-hydrogen) atoms. The fourth-order valence-corrected chi connectivity index (χ4v) is 5.02. The Hall–Kier alpha value is -3.51. The number of nitrogens with one attached hydrogen (secondary N) is 1. The zero-order valence-corrected chi connectivity index (χ0v) is 21.2. The molecule has 1 fully saturated rings. The summed E-state index contributed by atoms with van der Waals surface area (Å²) in [5.41, 5.74) is 0.788. The maximum atomic E-state index is 15.5. The van der Waals surface area contributed by atoms with Crippen molar-refractivity contribution in [2.75, 3.05) is 33.4 Å². The molecular weight excluding hydrogens is 525 g/mol. The Bertz CT molecular complexity index is 1310. The van der Waals surface area contributed by atoms with E-state index in [1.807, 2.05) is 4.90 Å². The number of piperidine rings is 1. The first-order valence-corrected chi connectivity index (χ1v) is 12.4. The van der Waals surface area contributed by atoms with Crippen LogP contribution in [0.15, 0.2) is 36.5 Å². The lowest BCUT2D eigenvalue weighted by atomic mass is 9.73. The predicted molar refractivity (Wildman–Crippen MR) is 131 cm³/mol. The fourth-order valence-electron chi connectivity index (χ4n) is 5.02. The second-order valence-electron chi connectivity index (χ2n) is 9.52. The van der Waals surface area contributed by atoms with E-state index >= 15 is 4.39 Å². The van der Waals surface area contributed by atoms with Gasteiger partial charge >= 0.3 is 0 Å². The van der Waals surface area contributed by atoms with Gasteiger partial charge in [0.15, 0.2) is 17.4 Å². The highest BCUT2D eigenvalue weighted by Crippen LogP contribution is 2.41. The molecule has 1 amide bonds. The molecule has 7 nitrogen and oxygen atoms in total.